The molecule has 0 spiro atoms. The molecule has 1 aromatic carbocycles. The summed E-state index contributed by atoms with van der Waals surface area (Å²) in [6.45, 7) is 0. The number of imidazole rings is 1. The van der Waals surface area contributed by atoms with Gasteiger partial charge in [-0.25, -0.2) is 4.98 Å². The molecule has 3 rings (SSSR count). The number of H-pyrrole nitrogens is 1. The van der Waals surface area contributed by atoms with Gasteiger partial charge in [-0.3, -0.25) is 0 Å². The molecular weight excluding hydrogens is 200 g/mol. The molecule has 2 N–H and O–H groups in total. The lowest BCUT2D eigenvalue weighted by Crippen LogP contribution is -2.05. The number of hydrogen-bond acceptors (Lipinski definition) is 2. The predicted octanol–water partition coefficient (Wildman–Crippen LogP) is 3.32. The minimum Gasteiger partial charge on any atom is -0.506 e. The third kappa shape index (κ3) is 1.56. The lowest BCUT2D eigenvalue weighted by Gasteiger charge is -2.18. The Hall–Kier alpha value is -1.51. The van der Waals surface area contributed by atoms with Crippen molar-refractivity contribution < 1.29 is 5.11 Å². The second-order valence-corrected chi connectivity index (χ2v) is 4.63. The Bertz CT molecular complexity index is 498. The molecule has 2 aromatic rings. The summed E-state index contributed by atoms with van der Waals surface area (Å²) in [4.78, 5) is 7.87. The van der Waals surface area contributed by atoms with Crippen LogP contribution in [-0.2, 0) is 0 Å². The molecule has 84 valence electrons. The van der Waals surface area contributed by atoms with Crippen LogP contribution in [0.15, 0.2) is 18.2 Å². The number of hydrogen-bond donors (Lipinski definition) is 2. The fourth-order valence-electron chi connectivity index (χ4n) is 2.61. The first kappa shape index (κ1) is 9.70. The molecule has 0 aliphatic heterocycles. The summed E-state index contributed by atoms with van der Waals surface area (Å²) < 4.78 is 0. The van der Waals surface area contributed by atoms with Gasteiger partial charge in [0.25, 0.3) is 0 Å². The normalized spacial score (nSPS) is 18.0. The van der Waals surface area contributed by atoms with Crippen molar-refractivity contribution in [2.45, 2.75) is 38.0 Å². The highest BCUT2D eigenvalue weighted by Gasteiger charge is 2.19. The topological polar surface area (TPSA) is 48.9 Å². The lowest BCUT2D eigenvalue weighted by atomic mass is 9.89. The third-order valence-corrected chi connectivity index (χ3v) is 3.50. The van der Waals surface area contributed by atoms with E-state index in [0.29, 0.717) is 11.4 Å². The van der Waals surface area contributed by atoms with Gasteiger partial charge in [0.15, 0.2) is 0 Å². The summed E-state index contributed by atoms with van der Waals surface area (Å²) in [5, 5.41) is 9.70. The Morgan fingerprint density at radius 2 is 2.00 bits per heavy atom. The quantitative estimate of drug-likeness (QED) is 0.768. The number of para-hydroxylation sites is 1. The maximum absolute atomic E-state index is 9.70. The molecule has 0 radical (unpaired) electrons. The first-order valence-electron chi connectivity index (χ1n) is 6.02. The van der Waals surface area contributed by atoms with E-state index in [1.54, 1.807) is 6.07 Å². The minimum atomic E-state index is 0.274. The number of nitrogens with zero attached hydrogens (tertiary/aromatic N) is 1. The second-order valence-electron chi connectivity index (χ2n) is 4.63. The van der Waals surface area contributed by atoms with E-state index in [9.17, 15) is 5.11 Å². The largest absolute Gasteiger partial charge is 0.506 e. The summed E-state index contributed by atoms with van der Waals surface area (Å²) in [6, 6.07) is 5.50. The van der Waals surface area contributed by atoms with E-state index in [-0.39, 0.29) is 5.75 Å². The summed E-state index contributed by atoms with van der Waals surface area (Å²) in [6.07, 6.45) is 6.39. The average Bonchev–Trinajstić information content (AvgIpc) is 2.76. The Labute approximate surface area is 94.5 Å². The number of aromatic amines is 1. The average molecular weight is 216 g/mol. The van der Waals surface area contributed by atoms with Crippen molar-refractivity contribution in [2.24, 2.45) is 0 Å². The zero-order valence-electron chi connectivity index (χ0n) is 9.24. The fraction of sp³-hybridized carbons (Fsp3) is 0.462. The van der Waals surface area contributed by atoms with Crippen LogP contribution in [0.4, 0.5) is 0 Å². The molecule has 1 aliphatic carbocycles. The van der Waals surface area contributed by atoms with Crippen molar-refractivity contribution in [2.75, 3.05) is 0 Å². The van der Waals surface area contributed by atoms with Crippen LogP contribution in [0.2, 0.25) is 0 Å². The van der Waals surface area contributed by atoms with E-state index < -0.39 is 0 Å². The van der Waals surface area contributed by atoms with Gasteiger partial charge in [0, 0.05) is 5.92 Å². The number of aromatic hydroxyl groups is 1. The van der Waals surface area contributed by atoms with Crippen molar-refractivity contribution in [1.82, 2.24) is 9.97 Å². The molecule has 3 heteroatoms. The highest BCUT2D eigenvalue weighted by Crippen LogP contribution is 2.33. The summed E-state index contributed by atoms with van der Waals surface area (Å²) in [7, 11) is 0. The summed E-state index contributed by atoms with van der Waals surface area (Å²) in [5.74, 6) is 1.88. The van der Waals surface area contributed by atoms with Crippen molar-refractivity contribution in [3.8, 4) is 5.75 Å². The van der Waals surface area contributed by atoms with Gasteiger partial charge in [0.2, 0.25) is 0 Å². The van der Waals surface area contributed by atoms with Crippen LogP contribution in [0.1, 0.15) is 43.8 Å². The van der Waals surface area contributed by atoms with Crippen LogP contribution >= 0.6 is 0 Å². The molecule has 1 fully saturated rings. The highest BCUT2D eigenvalue weighted by molar-refractivity contribution is 5.81. The molecule has 0 saturated heterocycles. The Morgan fingerprint density at radius 1 is 1.19 bits per heavy atom. The molecular formula is C13H16N2O. The van der Waals surface area contributed by atoms with Crippen LogP contribution in [-0.4, -0.2) is 15.1 Å². The van der Waals surface area contributed by atoms with Crippen LogP contribution in [0.25, 0.3) is 11.0 Å². The smallest absolute Gasteiger partial charge is 0.143 e. The minimum absolute atomic E-state index is 0.274. The van der Waals surface area contributed by atoms with E-state index in [0.717, 1.165) is 11.3 Å². The molecule has 0 atom stereocenters. The van der Waals surface area contributed by atoms with Gasteiger partial charge in [-0.2, -0.15) is 0 Å². The monoisotopic (exact) mass is 216 g/mol. The summed E-state index contributed by atoms with van der Waals surface area (Å²) >= 11 is 0. The first-order valence-corrected chi connectivity index (χ1v) is 6.02. The lowest BCUT2D eigenvalue weighted by molar-refractivity contribution is 0.431. The number of phenolic OH excluding ortho intramolecular Hbond substituents is 1. The third-order valence-electron chi connectivity index (χ3n) is 3.50. The molecule has 0 unspecified atom stereocenters. The van der Waals surface area contributed by atoms with Crippen molar-refractivity contribution in [3.05, 3.63) is 24.0 Å². The molecule has 3 nitrogen and oxygen atoms in total. The Morgan fingerprint density at radius 3 is 2.75 bits per heavy atom. The molecule has 1 saturated carbocycles. The maximum Gasteiger partial charge on any atom is 0.143 e. The van der Waals surface area contributed by atoms with Gasteiger partial charge >= 0.3 is 0 Å². The molecule has 1 heterocycles. The van der Waals surface area contributed by atoms with Crippen LogP contribution in [0, 0.1) is 0 Å². The van der Waals surface area contributed by atoms with E-state index in [4.69, 9.17) is 0 Å². The fourth-order valence-corrected chi connectivity index (χ4v) is 2.61. The maximum atomic E-state index is 9.70. The zero-order chi connectivity index (χ0) is 11.0. The highest BCUT2D eigenvalue weighted by atomic mass is 16.3. The summed E-state index contributed by atoms with van der Waals surface area (Å²) in [5.41, 5.74) is 1.66. The number of aromatic nitrogens is 2. The van der Waals surface area contributed by atoms with Crippen molar-refractivity contribution in [1.29, 1.82) is 0 Å². The van der Waals surface area contributed by atoms with E-state index in [2.05, 4.69) is 9.97 Å². The molecule has 16 heavy (non-hydrogen) atoms. The van der Waals surface area contributed by atoms with Crippen molar-refractivity contribution in [3.63, 3.8) is 0 Å². The molecule has 0 amide bonds. The van der Waals surface area contributed by atoms with Gasteiger partial charge < -0.3 is 10.1 Å². The number of fused-ring (bicyclic) bond motifs is 1. The van der Waals surface area contributed by atoms with Crippen molar-refractivity contribution >= 4 is 11.0 Å². The van der Waals surface area contributed by atoms with Gasteiger partial charge in [-0.05, 0) is 25.0 Å². The molecule has 0 bridgehead atoms. The van der Waals surface area contributed by atoms with Crippen LogP contribution < -0.4 is 0 Å². The zero-order valence-corrected chi connectivity index (χ0v) is 9.24. The standard InChI is InChI=1S/C13H16N2O/c16-11-8-4-7-10-12(11)15-13(14-10)9-5-2-1-3-6-9/h4,7-9,16H,1-3,5-6H2,(H,14,15). The van der Waals surface area contributed by atoms with E-state index in [1.165, 1.54) is 32.1 Å². The number of rotatable bonds is 1. The van der Waals surface area contributed by atoms with E-state index >= 15 is 0 Å². The molecule has 1 aliphatic rings. The van der Waals surface area contributed by atoms with E-state index in [1.807, 2.05) is 12.1 Å². The predicted molar refractivity (Wildman–Crippen MR) is 63.6 cm³/mol. The second kappa shape index (κ2) is 3.81. The van der Waals surface area contributed by atoms with Gasteiger partial charge in [0.05, 0.1) is 5.52 Å². The number of nitrogens with one attached hydrogen (secondary N) is 1. The number of phenols is 1. The van der Waals surface area contributed by atoms with Gasteiger partial charge in [0.1, 0.15) is 17.1 Å². The SMILES string of the molecule is Oc1cccc2[nH]c(C3CCCCC3)nc12. The molecule has 1 aromatic heterocycles. The van der Waals surface area contributed by atoms with Crippen LogP contribution in [0.3, 0.4) is 0 Å². The van der Waals surface area contributed by atoms with Crippen LogP contribution in [0.5, 0.6) is 5.75 Å². The number of benzene rings is 1. The van der Waals surface area contributed by atoms with Gasteiger partial charge in [-0.1, -0.05) is 25.3 Å². The Kier molecular flexibility index (Phi) is 2.31. The van der Waals surface area contributed by atoms with Gasteiger partial charge in [-0.15, -0.1) is 0 Å². The Balaban J connectivity index is 2.01. The first-order chi connectivity index (χ1) is 7.84.